The summed E-state index contributed by atoms with van der Waals surface area (Å²) in [5, 5.41) is 0.160. The molecule has 1 aliphatic rings. The van der Waals surface area contributed by atoms with E-state index in [1.165, 1.54) is 0 Å². The highest BCUT2D eigenvalue weighted by atomic mass is 19.2. The minimum atomic E-state index is -2.19. The third-order valence-corrected chi connectivity index (χ3v) is 0.810. The van der Waals surface area contributed by atoms with E-state index >= 15 is 0 Å². The molecule has 1 fully saturated rings. The van der Waals surface area contributed by atoms with Gasteiger partial charge in [0.25, 0.3) is 0 Å². The summed E-state index contributed by atoms with van der Waals surface area (Å²) in [6, 6.07) is 0. The van der Waals surface area contributed by atoms with E-state index in [0.717, 1.165) is 16.7 Å². The lowest BCUT2D eigenvalue weighted by molar-refractivity contribution is 0.0346. The lowest BCUT2D eigenvalue weighted by Crippen LogP contribution is -2.43. The van der Waals surface area contributed by atoms with Gasteiger partial charge in [-0.25, -0.2) is 4.84 Å². The van der Waals surface area contributed by atoms with Crippen molar-refractivity contribution >= 4 is 0 Å². The van der Waals surface area contributed by atoms with Crippen LogP contribution in [0.1, 0.15) is 0 Å². The van der Waals surface area contributed by atoms with E-state index in [4.69, 9.17) is 0 Å². The van der Waals surface area contributed by atoms with Gasteiger partial charge in [-0.3, -0.25) is 0 Å². The zero-order valence-electron chi connectivity index (χ0n) is 3.99. The topological polar surface area (TPSA) is 51.6 Å². The van der Waals surface area contributed by atoms with Crippen LogP contribution in [0.3, 0.4) is 0 Å². The largest absolute Gasteiger partial charge is 0.346 e. The standard InChI is InChI=1S/CH3F3N4O/c2-5-1(6-3)8(7-4)9-1/h5-7H. The first-order valence-corrected chi connectivity index (χ1v) is 1.90. The smallest absolute Gasteiger partial charge is 0.214 e. The van der Waals surface area contributed by atoms with Crippen molar-refractivity contribution in [3.8, 4) is 0 Å². The second kappa shape index (κ2) is 2.08. The number of hydrazine groups is 1. The molecule has 5 nitrogen and oxygen atoms in total. The molecule has 0 bridgehead atoms. The molecular formula is CH3F3N4O. The van der Waals surface area contributed by atoms with Crippen molar-refractivity contribution in [2.24, 2.45) is 0 Å². The Balaban J connectivity index is 2.37. The first kappa shape index (κ1) is 6.71. The van der Waals surface area contributed by atoms with Crippen molar-refractivity contribution in [1.82, 2.24) is 21.9 Å². The molecule has 0 aromatic carbocycles. The van der Waals surface area contributed by atoms with E-state index in [2.05, 4.69) is 4.84 Å². The van der Waals surface area contributed by atoms with Gasteiger partial charge in [0.1, 0.15) is 0 Å². The summed E-state index contributed by atoms with van der Waals surface area (Å²) in [5.74, 6) is -2.19. The summed E-state index contributed by atoms with van der Waals surface area (Å²) in [5.41, 5.74) is 2.47. The molecule has 1 aliphatic heterocycles. The Bertz CT molecular complexity index is 106. The highest BCUT2D eigenvalue weighted by Crippen LogP contribution is 2.25. The molecule has 1 unspecified atom stereocenters. The van der Waals surface area contributed by atoms with Gasteiger partial charge in [0.2, 0.25) is 0 Å². The predicted molar refractivity (Wildman–Crippen MR) is 18.4 cm³/mol. The Morgan fingerprint density at radius 2 is 1.78 bits per heavy atom. The van der Waals surface area contributed by atoms with Crippen molar-refractivity contribution in [3.63, 3.8) is 0 Å². The number of hydrogen-bond donors (Lipinski definition) is 3. The number of halogens is 3. The molecule has 0 spiro atoms. The second-order valence-electron chi connectivity index (χ2n) is 1.30. The zero-order chi connectivity index (χ0) is 6.91. The molecule has 8 heteroatoms. The van der Waals surface area contributed by atoms with E-state index in [-0.39, 0.29) is 5.17 Å². The van der Waals surface area contributed by atoms with Gasteiger partial charge >= 0.3 is 5.97 Å². The monoisotopic (exact) mass is 144 g/mol. The average Bonchev–Trinajstić information content (AvgIpc) is 2.63. The summed E-state index contributed by atoms with van der Waals surface area (Å²) >= 11 is 0. The minimum Gasteiger partial charge on any atom is -0.214 e. The molecule has 3 N–H and O–H groups in total. The lowest BCUT2D eigenvalue weighted by atomic mass is 10.9. The third kappa shape index (κ3) is 0.862. The van der Waals surface area contributed by atoms with Crippen LogP contribution < -0.4 is 16.7 Å². The molecule has 0 radical (unpaired) electrons. The van der Waals surface area contributed by atoms with E-state index < -0.39 is 5.97 Å². The van der Waals surface area contributed by atoms with Crippen LogP contribution in [-0.4, -0.2) is 11.1 Å². The number of hydrogen-bond acceptors (Lipinski definition) is 5. The fraction of sp³-hybridized carbons (Fsp3) is 1.00. The fourth-order valence-corrected chi connectivity index (χ4v) is 0.318. The molecule has 1 rings (SSSR count). The van der Waals surface area contributed by atoms with E-state index in [9.17, 15) is 13.4 Å². The van der Waals surface area contributed by atoms with Crippen LogP contribution in [0.2, 0.25) is 0 Å². The molecule has 0 aromatic heterocycles. The third-order valence-electron chi connectivity index (χ3n) is 0.810. The molecule has 0 saturated carbocycles. The molecule has 0 aliphatic carbocycles. The Hall–Kier alpha value is -0.410. The molecule has 1 atom stereocenters. The van der Waals surface area contributed by atoms with Gasteiger partial charge in [0, 0.05) is 0 Å². The van der Waals surface area contributed by atoms with E-state index in [1.807, 2.05) is 0 Å². The first-order valence-electron chi connectivity index (χ1n) is 1.90. The number of nitrogens with one attached hydrogen (secondary N) is 3. The highest BCUT2D eigenvalue weighted by molar-refractivity contribution is 4.68. The van der Waals surface area contributed by atoms with Crippen molar-refractivity contribution in [3.05, 3.63) is 0 Å². The van der Waals surface area contributed by atoms with E-state index in [0.29, 0.717) is 0 Å². The van der Waals surface area contributed by atoms with Gasteiger partial charge in [-0.1, -0.05) is 16.7 Å². The normalized spacial score (nSPS) is 30.3. The van der Waals surface area contributed by atoms with Crippen LogP contribution in [0.15, 0.2) is 0 Å². The lowest BCUT2D eigenvalue weighted by Gasteiger charge is -1.98. The molecule has 0 aromatic rings. The van der Waals surface area contributed by atoms with Crippen LogP contribution in [0.25, 0.3) is 0 Å². The van der Waals surface area contributed by atoms with Crippen LogP contribution in [0, 0.1) is 0 Å². The van der Waals surface area contributed by atoms with Crippen LogP contribution in [-0.2, 0) is 4.84 Å². The summed E-state index contributed by atoms with van der Waals surface area (Å²) in [7, 11) is 0. The van der Waals surface area contributed by atoms with Crippen LogP contribution >= 0.6 is 0 Å². The summed E-state index contributed by atoms with van der Waals surface area (Å²) in [6.07, 6.45) is 0. The number of hydroxylamine groups is 1. The maximum atomic E-state index is 11.3. The average molecular weight is 144 g/mol. The maximum absolute atomic E-state index is 11.3. The van der Waals surface area contributed by atoms with Crippen molar-refractivity contribution in [2.75, 3.05) is 0 Å². The van der Waals surface area contributed by atoms with Crippen molar-refractivity contribution < 1.29 is 18.3 Å². The quantitative estimate of drug-likeness (QED) is 0.274. The molecular weight excluding hydrogens is 141 g/mol. The molecule has 0 amide bonds. The van der Waals surface area contributed by atoms with Gasteiger partial charge in [-0.05, 0) is 5.17 Å². The second-order valence-corrected chi connectivity index (χ2v) is 1.30. The predicted octanol–water partition coefficient (Wildman–Crippen LogP) is -0.818. The number of nitrogens with zero attached hydrogens (tertiary/aromatic N) is 1. The van der Waals surface area contributed by atoms with Gasteiger partial charge < -0.3 is 0 Å². The Morgan fingerprint density at radius 1 is 1.22 bits per heavy atom. The Kier molecular flexibility index (Phi) is 1.55. The van der Waals surface area contributed by atoms with E-state index in [1.54, 1.807) is 0 Å². The van der Waals surface area contributed by atoms with Crippen LogP contribution in [0.4, 0.5) is 13.4 Å². The van der Waals surface area contributed by atoms with Gasteiger partial charge in [0.15, 0.2) is 0 Å². The maximum Gasteiger partial charge on any atom is 0.346 e. The van der Waals surface area contributed by atoms with Gasteiger partial charge in [-0.2, -0.15) is 0 Å². The van der Waals surface area contributed by atoms with Gasteiger partial charge in [0.05, 0.1) is 0 Å². The summed E-state index contributed by atoms with van der Waals surface area (Å²) < 4.78 is 33.9. The Labute approximate surface area is 47.5 Å². The minimum absolute atomic E-state index is 0.160. The molecule has 54 valence electrons. The zero-order valence-corrected chi connectivity index (χ0v) is 3.99. The Morgan fingerprint density at radius 3 is 1.89 bits per heavy atom. The highest BCUT2D eigenvalue weighted by Gasteiger charge is 2.59. The van der Waals surface area contributed by atoms with Crippen LogP contribution in [0.5, 0.6) is 0 Å². The fourth-order valence-electron chi connectivity index (χ4n) is 0.318. The van der Waals surface area contributed by atoms with Crippen molar-refractivity contribution in [1.29, 1.82) is 0 Å². The molecule has 1 heterocycles. The summed E-state index contributed by atoms with van der Waals surface area (Å²) in [4.78, 5) is 3.93. The molecule has 1 saturated heterocycles. The molecule has 9 heavy (non-hydrogen) atoms. The van der Waals surface area contributed by atoms with Gasteiger partial charge in [-0.15, -0.1) is 13.4 Å². The SMILES string of the molecule is FNN1OC1(NF)NF. The summed E-state index contributed by atoms with van der Waals surface area (Å²) in [6.45, 7) is 0. The number of rotatable bonds is 3. The van der Waals surface area contributed by atoms with Crippen molar-refractivity contribution in [2.45, 2.75) is 5.97 Å². The first-order chi connectivity index (χ1) is 4.29.